The van der Waals surface area contributed by atoms with Gasteiger partial charge in [0.25, 0.3) is 0 Å². The number of aliphatic hydroxyl groups is 2. The molecule has 0 spiro atoms. The maximum absolute atomic E-state index is 12.5. The van der Waals surface area contributed by atoms with Gasteiger partial charge in [-0.05, 0) is 6.92 Å². The molecule has 1 aromatic heterocycles. The predicted octanol–water partition coefficient (Wildman–Crippen LogP) is -4.18. The largest absolute Gasteiger partial charge is 0.480 e. The highest BCUT2D eigenvalue weighted by Gasteiger charge is 2.31. The highest BCUT2D eigenvalue weighted by molar-refractivity contribution is 5.93. The fourth-order valence-corrected chi connectivity index (χ4v) is 2.19. The number of rotatable bonds is 11. The summed E-state index contributed by atoms with van der Waals surface area (Å²) in [5.41, 5.74) is 5.60. The van der Waals surface area contributed by atoms with E-state index in [2.05, 4.69) is 25.9 Å². The molecule has 1 aromatic rings. The Kier molecular flexibility index (Phi) is 9.01. The number of aromatic nitrogens is 2. The Morgan fingerprint density at radius 3 is 2.29 bits per heavy atom. The van der Waals surface area contributed by atoms with Crippen molar-refractivity contribution in [2.75, 3.05) is 13.2 Å². The van der Waals surface area contributed by atoms with Gasteiger partial charge in [0, 0.05) is 18.3 Å². The van der Waals surface area contributed by atoms with Crippen LogP contribution in [0.15, 0.2) is 12.5 Å². The molecule has 0 saturated carbocycles. The van der Waals surface area contributed by atoms with Crippen molar-refractivity contribution >= 4 is 23.7 Å². The van der Waals surface area contributed by atoms with Gasteiger partial charge in [0.1, 0.15) is 12.1 Å². The van der Waals surface area contributed by atoms with Crippen LogP contribution in [0.1, 0.15) is 12.6 Å². The lowest BCUT2D eigenvalue weighted by Gasteiger charge is -2.24. The number of nitrogens with zero attached hydrogens (tertiary/aromatic N) is 1. The van der Waals surface area contributed by atoms with E-state index in [1.54, 1.807) is 0 Å². The van der Waals surface area contributed by atoms with Crippen molar-refractivity contribution in [3.63, 3.8) is 0 Å². The summed E-state index contributed by atoms with van der Waals surface area (Å²) in [4.78, 5) is 53.9. The number of nitrogens with one attached hydrogen (secondary N) is 4. The van der Waals surface area contributed by atoms with E-state index in [9.17, 15) is 29.4 Å². The van der Waals surface area contributed by atoms with Crippen molar-refractivity contribution in [1.82, 2.24) is 25.9 Å². The van der Waals surface area contributed by atoms with E-state index in [4.69, 9.17) is 10.8 Å². The van der Waals surface area contributed by atoms with Crippen LogP contribution in [0.5, 0.6) is 0 Å². The van der Waals surface area contributed by atoms with Crippen molar-refractivity contribution in [3.8, 4) is 0 Å². The molecule has 0 fully saturated rings. The average Bonchev–Trinajstić information content (AvgIpc) is 3.15. The van der Waals surface area contributed by atoms with Crippen molar-refractivity contribution in [2.24, 2.45) is 5.73 Å². The number of H-pyrrole nitrogens is 1. The Bertz CT molecular complexity index is 678. The van der Waals surface area contributed by atoms with E-state index in [1.807, 2.05) is 0 Å². The lowest BCUT2D eigenvalue weighted by atomic mass is 10.1. The number of aliphatic carboxylic acids is 1. The van der Waals surface area contributed by atoms with Crippen molar-refractivity contribution in [3.05, 3.63) is 18.2 Å². The van der Waals surface area contributed by atoms with Crippen LogP contribution in [-0.2, 0) is 25.6 Å². The molecule has 13 nitrogen and oxygen atoms in total. The smallest absolute Gasteiger partial charge is 0.328 e. The molecule has 1 rings (SSSR count). The summed E-state index contributed by atoms with van der Waals surface area (Å²) >= 11 is 0. The number of carbonyl (C=O) groups excluding carboxylic acids is 3. The number of nitrogens with two attached hydrogens (primary N) is 1. The van der Waals surface area contributed by atoms with Gasteiger partial charge in [-0.2, -0.15) is 0 Å². The number of carbonyl (C=O) groups is 4. The van der Waals surface area contributed by atoms with E-state index < -0.39 is 61.1 Å². The van der Waals surface area contributed by atoms with Crippen LogP contribution in [0.2, 0.25) is 0 Å². The second-order valence-corrected chi connectivity index (χ2v) is 5.91. The number of hydrogen-bond acceptors (Lipinski definition) is 8. The normalized spacial score (nSPS) is 15.0. The zero-order chi connectivity index (χ0) is 21.3. The summed E-state index contributed by atoms with van der Waals surface area (Å²) in [7, 11) is 0. The number of hydrogen-bond donors (Lipinski definition) is 8. The van der Waals surface area contributed by atoms with Crippen molar-refractivity contribution < 1.29 is 34.5 Å². The summed E-state index contributed by atoms with van der Waals surface area (Å²) in [5.74, 6) is -3.92. The minimum Gasteiger partial charge on any atom is -0.480 e. The summed E-state index contributed by atoms with van der Waals surface area (Å²) in [6.07, 6.45) is 1.27. The molecule has 0 aliphatic carbocycles. The molecule has 0 saturated heterocycles. The second-order valence-electron chi connectivity index (χ2n) is 5.91. The van der Waals surface area contributed by atoms with Crippen LogP contribution in [0, 0.1) is 0 Å². The van der Waals surface area contributed by atoms with Gasteiger partial charge in [-0.1, -0.05) is 0 Å². The van der Waals surface area contributed by atoms with E-state index >= 15 is 0 Å². The molecule has 13 heteroatoms. The van der Waals surface area contributed by atoms with Crippen LogP contribution in [0.4, 0.5) is 0 Å². The molecular weight excluding hydrogens is 376 g/mol. The van der Waals surface area contributed by atoms with Crippen LogP contribution >= 0.6 is 0 Å². The molecular formula is C15H24N6O7. The third-order valence-electron chi connectivity index (χ3n) is 3.68. The van der Waals surface area contributed by atoms with Gasteiger partial charge in [-0.3, -0.25) is 14.4 Å². The Balaban J connectivity index is 2.95. The molecule has 9 N–H and O–H groups in total. The zero-order valence-electron chi connectivity index (χ0n) is 15.1. The van der Waals surface area contributed by atoms with E-state index in [1.165, 1.54) is 19.4 Å². The molecule has 3 amide bonds. The van der Waals surface area contributed by atoms with Crippen LogP contribution < -0.4 is 21.7 Å². The highest BCUT2D eigenvalue weighted by atomic mass is 16.4. The van der Waals surface area contributed by atoms with Crippen LogP contribution in [-0.4, -0.2) is 86.4 Å². The minimum absolute atomic E-state index is 0.0906. The summed E-state index contributed by atoms with van der Waals surface area (Å²) in [5, 5.41) is 34.6. The Morgan fingerprint density at radius 1 is 1.18 bits per heavy atom. The summed E-state index contributed by atoms with van der Waals surface area (Å²) in [6.45, 7) is 0.0314. The van der Waals surface area contributed by atoms with Crippen molar-refractivity contribution in [2.45, 2.75) is 37.6 Å². The topological polar surface area (TPSA) is 220 Å². The Hall–Kier alpha value is -3.03. The number of aliphatic hydroxyl groups excluding tert-OH is 2. The summed E-state index contributed by atoms with van der Waals surface area (Å²) in [6, 6.07) is -4.24. The highest BCUT2D eigenvalue weighted by Crippen LogP contribution is 2.02. The lowest BCUT2D eigenvalue weighted by molar-refractivity contribution is -0.145. The first-order chi connectivity index (χ1) is 13.2. The monoisotopic (exact) mass is 400 g/mol. The van der Waals surface area contributed by atoms with Crippen LogP contribution in [0.3, 0.4) is 0 Å². The van der Waals surface area contributed by atoms with E-state index in [0.29, 0.717) is 5.69 Å². The molecule has 0 aromatic carbocycles. The Labute approximate surface area is 159 Å². The molecule has 156 valence electrons. The number of carboxylic acids is 1. The molecule has 28 heavy (non-hydrogen) atoms. The number of aromatic amines is 1. The molecule has 0 aliphatic heterocycles. The van der Waals surface area contributed by atoms with E-state index in [-0.39, 0.29) is 6.42 Å². The van der Waals surface area contributed by atoms with Gasteiger partial charge in [-0.15, -0.1) is 0 Å². The quantitative estimate of drug-likeness (QED) is 0.180. The first-order valence-corrected chi connectivity index (χ1v) is 8.28. The molecule has 0 bridgehead atoms. The molecule has 0 aliphatic rings. The van der Waals surface area contributed by atoms with Gasteiger partial charge < -0.3 is 42.0 Å². The first-order valence-electron chi connectivity index (χ1n) is 8.28. The standard InChI is InChI=1S/C15H24N6O7/c1-7(23)12(15(27)28)21-13(25)9(2-8-4-17-6-18-8)20-14(26)10(5-22)19-11(24)3-16/h4,6-7,9-10,12,22-23H,2-3,5,16H2,1H3,(H,17,18)(H,19,24)(H,20,26)(H,21,25)(H,27,28). The Morgan fingerprint density at radius 2 is 1.82 bits per heavy atom. The van der Waals surface area contributed by atoms with Crippen molar-refractivity contribution in [1.29, 1.82) is 0 Å². The minimum atomic E-state index is -1.60. The molecule has 0 radical (unpaired) electrons. The number of amides is 3. The SMILES string of the molecule is CC(O)C(NC(=O)C(Cc1cnc[nH]1)NC(=O)C(CO)NC(=O)CN)C(=O)O. The van der Waals surface area contributed by atoms with Gasteiger partial charge in [0.05, 0.1) is 25.6 Å². The molecule has 1 heterocycles. The van der Waals surface area contributed by atoms with Gasteiger partial charge in [0.2, 0.25) is 17.7 Å². The van der Waals surface area contributed by atoms with Gasteiger partial charge >= 0.3 is 5.97 Å². The fraction of sp³-hybridized carbons (Fsp3) is 0.533. The maximum Gasteiger partial charge on any atom is 0.328 e. The predicted molar refractivity (Wildman–Crippen MR) is 93.5 cm³/mol. The van der Waals surface area contributed by atoms with Gasteiger partial charge in [0.15, 0.2) is 6.04 Å². The average molecular weight is 400 g/mol. The van der Waals surface area contributed by atoms with E-state index in [0.717, 1.165) is 0 Å². The maximum atomic E-state index is 12.5. The fourth-order valence-electron chi connectivity index (χ4n) is 2.19. The second kappa shape index (κ2) is 11.0. The first kappa shape index (κ1) is 23.0. The number of carboxylic acid groups (broad SMARTS) is 1. The third-order valence-corrected chi connectivity index (χ3v) is 3.68. The lowest BCUT2D eigenvalue weighted by Crippen LogP contribution is -2.58. The zero-order valence-corrected chi connectivity index (χ0v) is 15.1. The van der Waals surface area contributed by atoms with Crippen LogP contribution in [0.25, 0.3) is 0 Å². The molecule has 4 unspecified atom stereocenters. The third kappa shape index (κ3) is 6.94. The molecule has 4 atom stereocenters. The van der Waals surface area contributed by atoms with Gasteiger partial charge in [-0.25, -0.2) is 9.78 Å². The summed E-state index contributed by atoms with van der Waals surface area (Å²) < 4.78 is 0. The number of imidazole rings is 1.